The van der Waals surface area contributed by atoms with Crippen molar-refractivity contribution in [2.75, 3.05) is 0 Å². The Labute approximate surface area is 181 Å². The number of nitrogens with zero attached hydrogens (tertiary/aromatic N) is 5. The van der Waals surface area contributed by atoms with Gasteiger partial charge in [0.1, 0.15) is 5.69 Å². The molecule has 0 fully saturated rings. The van der Waals surface area contributed by atoms with Crippen molar-refractivity contribution in [3.05, 3.63) is 77.2 Å². The van der Waals surface area contributed by atoms with Crippen LogP contribution in [0.25, 0.3) is 10.9 Å². The largest absolute Gasteiger partial charge is 0.416 e. The van der Waals surface area contributed by atoms with Gasteiger partial charge < -0.3 is 5.32 Å². The van der Waals surface area contributed by atoms with Crippen molar-refractivity contribution in [3.8, 4) is 0 Å². The quantitative estimate of drug-likeness (QED) is 0.485. The third-order valence-electron chi connectivity index (χ3n) is 5.02. The van der Waals surface area contributed by atoms with Crippen LogP contribution in [0.3, 0.4) is 0 Å². The summed E-state index contributed by atoms with van der Waals surface area (Å²) in [5, 5.41) is 16.0. The minimum absolute atomic E-state index is 0.167. The number of halogens is 3. The van der Waals surface area contributed by atoms with Crippen LogP contribution in [0, 0.1) is 0 Å². The third kappa shape index (κ3) is 4.48. The lowest BCUT2D eigenvalue weighted by Crippen LogP contribution is -2.23. The van der Waals surface area contributed by atoms with Crippen molar-refractivity contribution in [2.45, 2.75) is 39.2 Å². The number of benzene rings is 2. The Hall–Kier alpha value is -3.69. The summed E-state index contributed by atoms with van der Waals surface area (Å²) in [6, 6.07) is 10.5. The van der Waals surface area contributed by atoms with Crippen molar-refractivity contribution < 1.29 is 18.0 Å². The standard InChI is InChI=1S/C22H21F3N6O/c1-14(2)31-20-5-3-4-18(19(20)11-27-31)21(32)26-10-17-13-30(29-28-17)12-15-6-8-16(9-7-15)22(23,24)25/h3-9,11,13-14H,10,12H2,1-2H3,(H,26,32). The summed E-state index contributed by atoms with van der Waals surface area (Å²) in [5.74, 6) is -0.254. The highest BCUT2D eigenvalue weighted by Crippen LogP contribution is 2.29. The van der Waals surface area contributed by atoms with Gasteiger partial charge in [0.05, 0.1) is 42.1 Å². The fraction of sp³-hybridized carbons (Fsp3) is 0.273. The van der Waals surface area contributed by atoms with Crippen LogP contribution >= 0.6 is 0 Å². The van der Waals surface area contributed by atoms with Crippen LogP contribution in [0.5, 0.6) is 0 Å². The number of carbonyl (C=O) groups excluding carboxylic acids is 1. The predicted octanol–water partition coefficient (Wildman–Crippen LogP) is 4.21. The second kappa shape index (κ2) is 8.45. The molecule has 2 aromatic carbocycles. The number of hydrogen-bond donors (Lipinski definition) is 1. The number of alkyl halides is 3. The Morgan fingerprint density at radius 2 is 1.88 bits per heavy atom. The Morgan fingerprint density at radius 3 is 2.56 bits per heavy atom. The van der Waals surface area contributed by atoms with Gasteiger partial charge in [0, 0.05) is 11.4 Å². The van der Waals surface area contributed by atoms with Crippen molar-refractivity contribution in [1.29, 1.82) is 0 Å². The molecule has 2 heterocycles. The number of amides is 1. The molecular weight excluding hydrogens is 421 g/mol. The van der Waals surface area contributed by atoms with E-state index in [1.807, 2.05) is 30.7 Å². The van der Waals surface area contributed by atoms with Crippen molar-refractivity contribution >= 4 is 16.8 Å². The van der Waals surface area contributed by atoms with E-state index in [2.05, 4.69) is 20.7 Å². The molecule has 0 radical (unpaired) electrons. The minimum atomic E-state index is -4.37. The van der Waals surface area contributed by atoms with Gasteiger partial charge in [-0.15, -0.1) is 5.10 Å². The number of hydrogen-bond acceptors (Lipinski definition) is 4. The number of nitrogens with one attached hydrogen (secondary N) is 1. The summed E-state index contributed by atoms with van der Waals surface area (Å²) in [6.45, 7) is 4.48. The molecule has 4 aromatic rings. The Balaban J connectivity index is 1.40. The first kappa shape index (κ1) is 21.5. The van der Waals surface area contributed by atoms with Crippen LogP contribution in [0.15, 0.2) is 54.9 Å². The summed E-state index contributed by atoms with van der Waals surface area (Å²) in [7, 11) is 0. The molecule has 32 heavy (non-hydrogen) atoms. The van der Waals surface area contributed by atoms with Gasteiger partial charge in [-0.05, 0) is 43.7 Å². The fourth-order valence-corrected chi connectivity index (χ4v) is 3.43. The van der Waals surface area contributed by atoms with Gasteiger partial charge in [0.2, 0.25) is 0 Å². The van der Waals surface area contributed by atoms with Gasteiger partial charge in [0.25, 0.3) is 5.91 Å². The van der Waals surface area contributed by atoms with Gasteiger partial charge in [-0.3, -0.25) is 9.48 Å². The lowest BCUT2D eigenvalue weighted by Gasteiger charge is -2.08. The predicted molar refractivity (Wildman–Crippen MR) is 112 cm³/mol. The number of fused-ring (bicyclic) bond motifs is 1. The lowest BCUT2D eigenvalue weighted by molar-refractivity contribution is -0.137. The molecule has 0 saturated carbocycles. The average molecular weight is 442 g/mol. The Bertz CT molecular complexity index is 1240. The smallest absolute Gasteiger partial charge is 0.346 e. The maximum atomic E-state index is 12.7. The van der Waals surface area contributed by atoms with E-state index in [0.717, 1.165) is 23.0 Å². The van der Waals surface area contributed by atoms with Gasteiger partial charge in [-0.25, -0.2) is 4.68 Å². The molecular formula is C22H21F3N6O. The van der Waals surface area contributed by atoms with Crippen LogP contribution in [0.4, 0.5) is 13.2 Å². The molecule has 10 heteroatoms. The molecule has 7 nitrogen and oxygen atoms in total. The molecule has 0 atom stereocenters. The van der Waals surface area contributed by atoms with Crippen molar-refractivity contribution in [2.24, 2.45) is 0 Å². The average Bonchev–Trinajstić information content (AvgIpc) is 3.38. The molecule has 0 bridgehead atoms. The molecule has 1 N–H and O–H groups in total. The van der Waals surface area contributed by atoms with Crippen molar-refractivity contribution in [3.63, 3.8) is 0 Å². The van der Waals surface area contributed by atoms with E-state index in [1.54, 1.807) is 18.5 Å². The monoisotopic (exact) mass is 442 g/mol. The number of carbonyl (C=O) groups is 1. The van der Waals surface area contributed by atoms with Crippen molar-refractivity contribution in [1.82, 2.24) is 30.1 Å². The number of rotatable bonds is 6. The van der Waals surface area contributed by atoms with Crippen LogP contribution in [-0.4, -0.2) is 30.7 Å². The van der Waals surface area contributed by atoms with Gasteiger partial charge in [-0.1, -0.05) is 23.4 Å². The molecule has 166 valence electrons. The second-order valence-electron chi connectivity index (χ2n) is 7.71. The van der Waals surface area contributed by atoms with E-state index in [-0.39, 0.29) is 25.0 Å². The van der Waals surface area contributed by atoms with Gasteiger partial charge in [0.15, 0.2) is 0 Å². The Morgan fingerprint density at radius 1 is 1.12 bits per heavy atom. The van der Waals surface area contributed by atoms with E-state index in [9.17, 15) is 18.0 Å². The zero-order chi connectivity index (χ0) is 22.9. The normalized spacial score (nSPS) is 11.9. The molecule has 1 amide bonds. The van der Waals surface area contributed by atoms with Gasteiger partial charge in [-0.2, -0.15) is 18.3 Å². The third-order valence-corrected chi connectivity index (χ3v) is 5.02. The summed E-state index contributed by atoms with van der Waals surface area (Å²) in [4.78, 5) is 12.7. The topological polar surface area (TPSA) is 77.6 Å². The number of aromatic nitrogens is 5. The highest BCUT2D eigenvalue weighted by Gasteiger charge is 2.29. The fourth-order valence-electron chi connectivity index (χ4n) is 3.43. The van der Waals surface area contributed by atoms with Crippen LogP contribution in [0.1, 0.15) is 47.1 Å². The molecule has 2 aromatic heterocycles. The van der Waals surface area contributed by atoms with Gasteiger partial charge >= 0.3 is 6.18 Å². The zero-order valence-corrected chi connectivity index (χ0v) is 17.5. The first-order valence-corrected chi connectivity index (χ1v) is 10.0. The summed E-state index contributed by atoms with van der Waals surface area (Å²) < 4.78 is 41.4. The van der Waals surface area contributed by atoms with Crippen LogP contribution in [-0.2, 0) is 19.3 Å². The SMILES string of the molecule is CC(C)n1ncc2c(C(=O)NCc3cn(Cc4ccc(C(F)(F)F)cc4)nn3)cccc21. The molecule has 0 aliphatic heterocycles. The van der Waals surface area contributed by atoms with E-state index in [1.165, 1.54) is 16.8 Å². The highest BCUT2D eigenvalue weighted by atomic mass is 19.4. The molecule has 4 rings (SSSR count). The molecule has 0 saturated heterocycles. The molecule has 0 spiro atoms. The maximum Gasteiger partial charge on any atom is 0.416 e. The summed E-state index contributed by atoms with van der Waals surface area (Å²) in [6.07, 6.45) is -1.03. The highest BCUT2D eigenvalue weighted by molar-refractivity contribution is 6.06. The van der Waals surface area contributed by atoms with Crippen LogP contribution < -0.4 is 5.32 Å². The van der Waals surface area contributed by atoms with E-state index in [4.69, 9.17) is 0 Å². The van der Waals surface area contributed by atoms with Crippen LogP contribution in [0.2, 0.25) is 0 Å². The molecule has 0 aliphatic carbocycles. The molecule has 0 unspecified atom stereocenters. The first-order chi connectivity index (χ1) is 15.2. The second-order valence-corrected chi connectivity index (χ2v) is 7.71. The van der Waals surface area contributed by atoms with E-state index in [0.29, 0.717) is 16.8 Å². The minimum Gasteiger partial charge on any atom is -0.346 e. The summed E-state index contributed by atoms with van der Waals surface area (Å²) >= 11 is 0. The summed E-state index contributed by atoms with van der Waals surface area (Å²) in [5.41, 5.74) is 1.90. The zero-order valence-electron chi connectivity index (χ0n) is 17.5. The Kier molecular flexibility index (Phi) is 5.68. The lowest BCUT2D eigenvalue weighted by atomic mass is 10.1. The van der Waals surface area contributed by atoms with E-state index >= 15 is 0 Å². The first-order valence-electron chi connectivity index (χ1n) is 10.0. The maximum absolute atomic E-state index is 12.7. The molecule has 0 aliphatic rings. The van der Waals surface area contributed by atoms with E-state index < -0.39 is 11.7 Å².